The van der Waals surface area contributed by atoms with Gasteiger partial charge in [-0.2, -0.15) is 0 Å². The van der Waals surface area contributed by atoms with E-state index in [-0.39, 0.29) is 6.10 Å². The second kappa shape index (κ2) is 2.48. The minimum absolute atomic E-state index is 0.255. The highest BCUT2D eigenvalue weighted by atomic mass is 19.2. The van der Waals surface area contributed by atoms with E-state index in [4.69, 9.17) is 4.74 Å². The van der Waals surface area contributed by atoms with E-state index in [0.29, 0.717) is 12.2 Å². The van der Waals surface area contributed by atoms with Crippen molar-refractivity contribution in [2.45, 2.75) is 6.10 Å². The smallest absolute Gasteiger partial charge is 0.194 e. The average molecular weight is 174 g/mol. The highest BCUT2D eigenvalue weighted by Gasteiger charge is 2.27. The van der Waals surface area contributed by atoms with Gasteiger partial charge in [-0.1, -0.05) is 0 Å². The third-order valence-corrected chi connectivity index (χ3v) is 1.71. The van der Waals surface area contributed by atoms with Crippen molar-refractivity contribution in [3.05, 3.63) is 35.1 Å². The van der Waals surface area contributed by atoms with Gasteiger partial charge in [-0.25, -0.2) is 13.2 Å². The molecule has 0 N–H and O–H groups in total. The summed E-state index contributed by atoms with van der Waals surface area (Å²) in [4.78, 5) is 0. The summed E-state index contributed by atoms with van der Waals surface area (Å²) in [6, 6.07) is 1.91. The molecule has 4 heteroatoms. The van der Waals surface area contributed by atoms with Gasteiger partial charge in [-0.15, -0.1) is 0 Å². The SMILES string of the molecule is Fc1cc([C@@H]2CO2)cc(F)c1F. The van der Waals surface area contributed by atoms with Gasteiger partial charge in [0.25, 0.3) is 0 Å². The maximum Gasteiger partial charge on any atom is 0.194 e. The molecule has 0 radical (unpaired) electrons. The first kappa shape index (κ1) is 7.61. The topological polar surface area (TPSA) is 12.5 Å². The van der Waals surface area contributed by atoms with Gasteiger partial charge in [0.1, 0.15) is 6.10 Å². The van der Waals surface area contributed by atoms with Crippen LogP contribution >= 0.6 is 0 Å². The molecule has 1 fully saturated rings. The summed E-state index contributed by atoms with van der Waals surface area (Å²) in [5.41, 5.74) is 0.353. The van der Waals surface area contributed by atoms with Crippen LogP contribution in [-0.4, -0.2) is 6.61 Å². The average Bonchev–Trinajstić information content (AvgIpc) is 2.81. The summed E-state index contributed by atoms with van der Waals surface area (Å²) in [7, 11) is 0. The molecule has 0 amide bonds. The van der Waals surface area contributed by atoms with E-state index in [2.05, 4.69) is 0 Å². The summed E-state index contributed by atoms with van der Waals surface area (Å²) in [5.74, 6) is -3.76. The van der Waals surface area contributed by atoms with Crippen LogP contribution < -0.4 is 0 Å². The second-order valence-corrected chi connectivity index (χ2v) is 2.62. The predicted molar refractivity (Wildman–Crippen MR) is 35.0 cm³/mol. The fourth-order valence-electron chi connectivity index (χ4n) is 1.00. The van der Waals surface area contributed by atoms with Gasteiger partial charge >= 0.3 is 0 Å². The first-order valence-corrected chi connectivity index (χ1v) is 3.44. The predicted octanol–water partition coefficient (Wildman–Crippen LogP) is 2.18. The second-order valence-electron chi connectivity index (χ2n) is 2.62. The Hall–Kier alpha value is -1.03. The van der Waals surface area contributed by atoms with E-state index in [1.54, 1.807) is 0 Å². The molecule has 1 aliphatic rings. The zero-order valence-electron chi connectivity index (χ0n) is 5.98. The van der Waals surface area contributed by atoms with E-state index in [1.165, 1.54) is 0 Å². The quantitative estimate of drug-likeness (QED) is 0.469. The Morgan fingerprint density at radius 1 is 1.17 bits per heavy atom. The normalized spacial score (nSPS) is 21.1. The van der Waals surface area contributed by atoms with Crippen LogP contribution in [0.3, 0.4) is 0 Å². The van der Waals surface area contributed by atoms with Crippen molar-refractivity contribution < 1.29 is 17.9 Å². The molecule has 1 aromatic carbocycles. The van der Waals surface area contributed by atoms with Crippen LogP contribution in [0.1, 0.15) is 11.7 Å². The zero-order chi connectivity index (χ0) is 8.72. The van der Waals surface area contributed by atoms with E-state index in [9.17, 15) is 13.2 Å². The lowest BCUT2D eigenvalue weighted by molar-refractivity contribution is 0.407. The Bertz CT molecular complexity index is 297. The lowest BCUT2D eigenvalue weighted by Crippen LogP contribution is -1.93. The lowest BCUT2D eigenvalue weighted by Gasteiger charge is -1.98. The fraction of sp³-hybridized carbons (Fsp3) is 0.250. The molecule has 1 aromatic rings. The van der Waals surface area contributed by atoms with Crippen LogP contribution in [0.25, 0.3) is 0 Å². The van der Waals surface area contributed by atoms with Gasteiger partial charge in [0, 0.05) is 0 Å². The summed E-state index contributed by atoms with van der Waals surface area (Å²) >= 11 is 0. The number of hydrogen-bond acceptors (Lipinski definition) is 1. The van der Waals surface area contributed by atoms with Crippen molar-refractivity contribution in [1.82, 2.24) is 0 Å². The Kier molecular flexibility index (Phi) is 1.58. The highest BCUT2D eigenvalue weighted by Crippen LogP contribution is 2.31. The molecule has 12 heavy (non-hydrogen) atoms. The third-order valence-electron chi connectivity index (χ3n) is 1.71. The van der Waals surface area contributed by atoms with E-state index < -0.39 is 17.5 Å². The highest BCUT2D eigenvalue weighted by molar-refractivity contribution is 5.23. The van der Waals surface area contributed by atoms with E-state index in [1.807, 2.05) is 0 Å². The number of halogens is 3. The van der Waals surface area contributed by atoms with Crippen molar-refractivity contribution in [2.75, 3.05) is 6.61 Å². The Balaban J connectivity index is 2.45. The van der Waals surface area contributed by atoms with Crippen LogP contribution in [0.15, 0.2) is 12.1 Å². The summed E-state index contributed by atoms with van der Waals surface area (Å²) in [6.45, 7) is 0.449. The molecule has 1 aliphatic heterocycles. The van der Waals surface area contributed by atoms with Gasteiger partial charge < -0.3 is 4.74 Å². The molecule has 0 bridgehead atoms. The van der Waals surface area contributed by atoms with Gasteiger partial charge in [0.05, 0.1) is 6.61 Å². The number of benzene rings is 1. The standard InChI is InChI=1S/C8H5F3O/c9-5-1-4(7-3-12-7)2-6(10)8(5)11/h1-2,7H,3H2/t7-/m0/s1. The number of rotatable bonds is 1. The summed E-state index contributed by atoms with van der Waals surface area (Å²) in [6.07, 6.45) is -0.255. The molecular formula is C8H5F3O. The number of hydrogen-bond donors (Lipinski definition) is 0. The summed E-state index contributed by atoms with van der Waals surface area (Å²) < 4.78 is 42.3. The van der Waals surface area contributed by atoms with Gasteiger partial charge in [0.15, 0.2) is 17.5 Å². The van der Waals surface area contributed by atoms with Crippen molar-refractivity contribution in [2.24, 2.45) is 0 Å². The lowest BCUT2D eigenvalue weighted by atomic mass is 10.1. The molecule has 0 aliphatic carbocycles. The number of ether oxygens (including phenoxy) is 1. The zero-order valence-corrected chi connectivity index (χ0v) is 5.98. The largest absolute Gasteiger partial charge is 0.368 e. The fourth-order valence-corrected chi connectivity index (χ4v) is 1.00. The molecule has 0 spiro atoms. The Morgan fingerprint density at radius 3 is 2.08 bits per heavy atom. The van der Waals surface area contributed by atoms with Crippen LogP contribution in [0.2, 0.25) is 0 Å². The van der Waals surface area contributed by atoms with Gasteiger partial charge in [-0.3, -0.25) is 0 Å². The van der Waals surface area contributed by atoms with Crippen molar-refractivity contribution >= 4 is 0 Å². The van der Waals surface area contributed by atoms with Gasteiger partial charge in [0.2, 0.25) is 0 Å². The molecule has 1 saturated heterocycles. The molecule has 2 rings (SSSR count). The van der Waals surface area contributed by atoms with Crippen molar-refractivity contribution in [3.8, 4) is 0 Å². The summed E-state index contributed by atoms with van der Waals surface area (Å²) in [5, 5.41) is 0. The Labute approximate surface area is 66.8 Å². The van der Waals surface area contributed by atoms with Crippen LogP contribution in [0.5, 0.6) is 0 Å². The van der Waals surface area contributed by atoms with Crippen LogP contribution in [0.4, 0.5) is 13.2 Å². The molecule has 0 aromatic heterocycles. The van der Waals surface area contributed by atoms with E-state index in [0.717, 1.165) is 12.1 Å². The first-order chi connectivity index (χ1) is 5.68. The number of epoxide rings is 1. The van der Waals surface area contributed by atoms with E-state index >= 15 is 0 Å². The molecule has 1 nitrogen and oxygen atoms in total. The van der Waals surface area contributed by atoms with Gasteiger partial charge in [-0.05, 0) is 17.7 Å². The molecular weight excluding hydrogens is 169 g/mol. The van der Waals surface area contributed by atoms with Crippen LogP contribution in [0, 0.1) is 17.5 Å². The molecule has 0 unspecified atom stereocenters. The maximum atomic E-state index is 12.6. The first-order valence-electron chi connectivity index (χ1n) is 3.44. The molecule has 1 atom stereocenters. The monoisotopic (exact) mass is 174 g/mol. The molecule has 64 valence electrons. The van der Waals surface area contributed by atoms with Crippen molar-refractivity contribution in [1.29, 1.82) is 0 Å². The third kappa shape index (κ3) is 1.18. The van der Waals surface area contributed by atoms with Crippen LogP contribution in [-0.2, 0) is 4.74 Å². The minimum Gasteiger partial charge on any atom is -0.368 e. The maximum absolute atomic E-state index is 12.6. The molecule has 0 saturated carbocycles. The van der Waals surface area contributed by atoms with Crippen molar-refractivity contribution in [3.63, 3.8) is 0 Å². The Morgan fingerprint density at radius 2 is 1.67 bits per heavy atom. The molecule has 1 heterocycles. The minimum atomic E-state index is -1.43.